The highest BCUT2D eigenvalue weighted by molar-refractivity contribution is 5.98. The van der Waals surface area contributed by atoms with Crippen molar-refractivity contribution >= 4 is 22.6 Å². The number of carbonyl (C=O) groups is 1. The summed E-state index contributed by atoms with van der Waals surface area (Å²) < 4.78 is 6.77. The normalized spacial score (nSPS) is 10.8. The van der Waals surface area contributed by atoms with Gasteiger partial charge in [0.05, 0.1) is 12.0 Å². The first kappa shape index (κ1) is 17.9. The van der Waals surface area contributed by atoms with E-state index in [9.17, 15) is 4.79 Å². The van der Waals surface area contributed by atoms with E-state index in [-0.39, 0.29) is 5.97 Å². The van der Waals surface area contributed by atoms with Crippen molar-refractivity contribution < 1.29 is 14.2 Å². The number of aryl methyl sites for hydroxylation is 2. The third-order valence-electron chi connectivity index (χ3n) is 4.34. The molecule has 2 N–H and O–H groups in total. The Balaban J connectivity index is 1.97. The van der Waals surface area contributed by atoms with Crippen LogP contribution in [-0.4, -0.2) is 17.7 Å². The number of nitrogens with two attached hydrogens (primary N) is 1. The lowest BCUT2D eigenvalue weighted by Gasteiger charge is -2.10. The van der Waals surface area contributed by atoms with Crippen molar-refractivity contribution in [1.29, 1.82) is 0 Å². The first-order chi connectivity index (χ1) is 12.6. The van der Waals surface area contributed by atoms with Crippen LogP contribution in [0.5, 0.6) is 0 Å². The molecule has 0 fully saturated rings. The number of hydrogen-bond donors (Lipinski definition) is 1. The number of esters is 1. The molecule has 0 bridgehead atoms. The van der Waals surface area contributed by atoms with E-state index in [2.05, 4.69) is 31.2 Å². The van der Waals surface area contributed by atoms with Gasteiger partial charge in [-0.25, -0.2) is 0 Å². The molecule has 3 aromatic rings. The van der Waals surface area contributed by atoms with E-state index in [1.54, 1.807) is 4.68 Å². The molecule has 0 aliphatic heterocycles. The number of hydrogen-bond acceptors (Lipinski definition) is 4. The predicted molar refractivity (Wildman–Crippen MR) is 102 cm³/mol. The van der Waals surface area contributed by atoms with Crippen molar-refractivity contribution in [3.63, 3.8) is 0 Å². The van der Waals surface area contributed by atoms with Crippen molar-refractivity contribution in [2.24, 2.45) is 0 Å². The maximum absolute atomic E-state index is 11.6. The van der Waals surface area contributed by atoms with Gasteiger partial charge in [-0.2, -0.15) is 0 Å². The summed E-state index contributed by atoms with van der Waals surface area (Å²) >= 11 is 0. The van der Waals surface area contributed by atoms with Gasteiger partial charge >= 0.3 is 11.8 Å². The second kappa shape index (κ2) is 7.95. The number of carbonyl (C=O) groups excluding carboxylic acids is 1. The Morgan fingerprint density at radius 3 is 2.50 bits per heavy atom. The van der Waals surface area contributed by atoms with Gasteiger partial charge in [-0.05, 0) is 26.3 Å². The Kier molecular flexibility index (Phi) is 5.46. The smallest absolute Gasteiger partial charge is 0.305 e. The molecule has 26 heavy (non-hydrogen) atoms. The Labute approximate surface area is 153 Å². The molecule has 1 heterocycles. The summed E-state index contributed by atoms with van der Waals surface area (Å²) in [6, 6.07) is 16.3. The molecule has 0 unspecified atom stereocenters. The summed E-state index contributed by atoms with van der Waals surface area (Å²) in [5.74, 6) is 0.423. The lowest BCUT2D eigenvalue weighted by atomic mass is 10.0. The minimum absolute atomic E-state index is 0.189. The molecule has 0 aliphatic rings. The zero-order valence-electron chi connectivity index (χ0n) is 15.2. The molecular weight excluding hydrogens is 326 g/mol. The molecule has 5 nitrogen and oxygen atoms in total. The summed E-state index contributed by atoms with van der Waals surface area (Å²) in [7, 11) is 0. The van der Waals surface area contributed by atoms with Crippen molar-refractivity contribution in [3.8, 4) is 11.3 Å². The van der Waals surface area contributed by atoms with Crippen molar-refractivity contribution in [1.82, 2.24) is 5.10 Å². The van der Waals surface area contributed by atoms with Crippen LogP contribution in [0.4, 0.5) is 5.82 Å². The topological polar surface area (TPSA) is 69.1 Å². The molecule has 0 saturated heterocycles. The van der Waals surface area contributed by atoms with Gasteiger partial charge < -0.3 is 4.74 Å². The van der Waals surface area contributed by atoms with Crippen LogP contribution in [0.15, 0.2) is 48.5 Å². The molecule has 2 aromatic carbocycles. The average molecular weight is 350 g/mol. The molecule has 0 amide bonds. The van der Waals surface area contributed by atoms with Crippen LogP contribution < -0.4 is 10.4 Å². The van der Waals surface area contributed by atoms with E-state index >= 15 is 0 Å². The second-order valence-corrected chi connectivity index (χ2v) is 6.28. The van der Waals surface area contributed by atoms with Crippen molar-refractivity contribution in [2.45, 2.75) is 33.2 Å². The van der Waals surface area contributed by atoms with Crippen LogP contribution in [0.25, 0.3) is 22.0 Å². The van der Waals surface area contributed by atoms with E-state index in [1.165, 1.54) is 5.56 Å². The van der Waals surface area contributed by atoms with Crippen LogP contribution >= 0.6 is 0 Å². The number of fused-ring (bicyclic) bond motifs is 1. The molecule has 5 heteroatoms. The van der Waals surface area contributed by atoms with Gasteiger partial charge in [0, 0.05) is 17.4 Å². The van der Waals surface area contributed by atoms with Gasteiger partial charge in [-0.3, -0.25) is 10.5 Å². The largest absolute Gasteiger partial charge is 0.466 e. The minimum atomic E-state index is -0.189. The Morgan fingerprint density at radius 1 is 1.12 bits per heavy atom. The van der Waals surface area contributed by atoms with Gasteiger partial charge in [0.1, 0.15) is 12.2 Å². The maximum atomic E-state index is 11.6. The minimum Gasteiger partial charge on any atom is -0.466 e. The third kappa shape index (κ3) is 3.82. The highest BCUT2D eigenvalue weighted by atomic mass is 16.5. The number of aromatic nitrogens is 2. The summed E-state index contributed by atoms with van der Waals surface area (Å²) in [4.78, 5) is 11.6. The van der Waals surface area contributed by atoms with Gasteiger partial charge in [-0.1, -0.05) is 53.1 Å². The Morgan fingerprint density at radius 2 is 1.81 bits per heavy atom. The van der Waals surface area contributed by atoms with Crippen LogP contribution in [0, 0.1) is 6.92 Å². The van der Waals surface area contributed by atoms with Gasteiger partial charge in [0.2, 0.25) is 0 Å². The molecular formula is C21H24N3O2+. The highest BCUT2D eigenvalue weighted by Crippen LogP contribution is 2.28. The summed E-state index contributed by atoms with van der Waals surface area (Å²) in [5.41, 5.74) is 9.50. The average Bonchev–Trinajstić information content (AvgIpc) is 2.65. The van der Waals surface area contributed by atoms with E-state index < -0.39 is 0 Å². The van der Waals surface area contributed by atoms with E-state index in [0.29, 0.717) is 31.8 Å². The van der Waals surface area contributed by atoms with E-state index in [4.69, 9.17) is 15.6 Å². The van der Waals surface area contributed by atoms with Crippen LogP contribution in [0.3, 0.4) is 0 Å². The lowest BCUT2D eigenvalue weighted by Crippen LogP contribution is -2.42. The Bertz CT molecular complexity index is 920. The van der Waals surface area contributed by atoms with Crippen LogP contribution in [-0.2, 0) is 16.1 Å². The Hall–Kier alpha value is -2.95. The fourth-order valence-corrected chi connectivity index (χ4v) is 2.98. The summed E-state index contributed by atoms with van der Waals surface area (Å²) in [6.07, 6.45) is 0.987. The molecule has 0 atom stereocenters. The molecule has 0 saturated carbocycles. The van der Waals surface area contributed by atoms with Gasteiger partial charge in [0.25, 0.3) is 0 Å². The molecule has 0 spiro atoms. The quantitative estimate of drug-likeness (QED) is 0.546. The molecule has 134 valence electrons. The number of ether oxygens (including phenoxy) is 1. The molecule has 0 radical (unpaired) electrons. The number of anilines is 1. The predicted octanol–water partition coefficient (Wildman–Crippen LogP) is 3.42. The van der Waals surface area contributed by atoms with Crippen molar-refractivity contribution in [3.05, 3.63) is 54.1 Å². The second-order valence-electron chi connectivity index (χ2n) is 6.28. The monoisotopic (exact) mass is 350 g/mol. The van der Waals surface area contributed by atoms with Crippen molar-refractivity contribution in [2.75, 3.05) is 12.3 Å². The first-order valence-corrected chi connectivity index (χ1v) is 8.91. The van der Waals surface area contributed by atoms with Gasteiger partial charge in [-0.15, -0.1) is 4.68 Å². The standard InChI is InChI=1S/C21H23N3O2/c1-3-26-19(25)9-6-14-24-21(22)18-8-5-4-7-17(18)20(23-24)16-12-10-15(2)11-13-16/h4-5,7-8,10-13,22H,3,6,9,14H2,1-2H3/p+1. The SMILES string of the molecule is CCOC(=O)CCC[n+]1nc(-c2ccc(C)cc2)c2ccccc2c1N. The number of nitrogens with zero attached hydrogens (tertiary/aromatic N) is 2. The van der Waals surface area contributed by atoms with Crippen LogP contribution in [0.2, 0.25) is 0 Å². The molecule has 0 aliphatic carbocycles. The fourth-order valence-electron chi connectivity index (χ4n) is 2.98. The zero-order valence-corrected chi connectivity index (χ0v) is 15.2. The number of rotatable bonds is 6. The molecule has 3 rings (SSSR count). The fraction of sp³-hybridized carbons (Fsp3) is 0.286. The summed E-state index contributed by atoms with van der Waals surface area (Å²) in [5, 5.41) is 6.77. The van der Waals surface area contributed by atoms with E-state index in [0.717, 1.165) is 22.0 Å². The van der Waals surface area contributed by atoms with E-state index in [1.807, 2.05) is 31.2 Å². The van der Waals surface area contributed by atoms with Crippen LogP contribution in [0.1, 0.15) is 25.3 Å². The summed E-state index contributed by atoms with van der Waals surface area (Å²) in [6.45, 7) is 4.84. The number of nitrogen functional groups attached to an aromatic ring is 1. The maximum Gasteiger partial charge on any atom is 0.305 e. The lowest BCUT2D eigenvalue weighted by molar-refractivity contribution is -0.738. The molecule has 1 aromatic heterocycles. The highest BCUT2D eigenvalue weighted by Gasteiger charge is 2.17. The first-order valence-electron chi connectivity index (χ1n) is 8.91. The van der Waals surface area contributed by atoms with Gasteiger partial charge in [0.15, 0.2) is 0 Å². The number of benzene rings is 2. The third-order valence-corrected chi connectivity index (χ3v) is 4.34. The zero-order chi connectivity index (χ0) is 18.5.